The molecule has 0 N–H and O–H groups in total. The molecular formula is C26H24F3NO5. The third kappa shape index (κ3) is 4.89. The fourth-order valence-corrected chi connectivity index (χ4v) is 4.21. The van der Waals surface area contributed by atoms with Gasteiger partial charge in [0.05, 0.1) is 37.4 Å². The van der Waals surface area contributed by atoms with Crippen LogP contribution in [0.3, 0.4) is 0 Å². The van der Waals surface area contributed by atoms with E-state index in [0.717, 1.165) is 0 Å². The molecule has 0 atom stereocenters. The third-order valence-electron chi connectivity index (χ3n) is 5.59. The first-order chi connectivity index (χ1) is 16.8. The molecule has 1 amide bonds. The molecule has 0 aromatic heterocycles. The topological polar surface area (TPSA) is 65.1 Å². The largest absolute Gasteiger partial charge is 0.493 e. The number of hydrogen-bond donors (Lipinski definition) is 0. The van der Waals surface area contributed by atoms with Crippen LogP contribution in [0.25, 0.3) is 10.8 Å². The lowest BCUT2D eigenvalue weighted by Crippen LogP contribution is -2.24. The third-order valence-corrected chi connectivity index (χ3v) is 5.59. The predicted molar refractivity (Wildman–Crippen MR) is 124 cm³/mol. The molecule has 6 nitrogen and oxygen atoms in total. The first-order valence-electron chi connectivity index (χ1n) is 11.2. The van der Waals surface area contributed by atoms with Crippen molar-refractivity contribution < 1.29 is 37.0 Å². The first-order valence-corrected chi connectivity index (χ1v) is 11.2. The van der Waals surface area contributed by atoms with Crippen LogP contribution < -0.4 is 14.4 Å². The summed E-state index contributed by atoms with van der Waals surface area (Å²) in [6.07, 6.45) is -2.80. The van der Waals surface area contributed by atoms with Gasteiger partial charge in [-0.15, -0.1) is 0 Å². The van der Waals surface area contributed by atoms with Crippen molar-refractivity contribution in [3.63, 3.8) is 0 Å². The van der Waals surface area contributed by atoms with Crippen molar-refractivity contribution in [1.29, 1.82) is 0 Å². The maximum Gasteiger partial charge on any atom is 0.310 e. The lowest BCUT2D eigenvalue weighted by Gasteiger charge is -2.17. The van der Waals surface area contributed by atoms with Crippen molar-refractivity contribution in [3.05, 3.63) is 65.0 Å². The molecule has 0 saturated carbocycles. The van der Waals surface area contributed by atoms with E-state index in [0.29, 0.717) is 34.3 Å². The molecule has 184 valence electrons. The zero-order chi connectivity index (χ0) is 25.1. The van der Waals surface area contributed by atoms with Crippen LogP contribution in [-0.2, 0) is 22.5 Å². The van der Waals surface area contributed by atoms with Gasteiger partial charge in [0, 0.05) is 10.9 Å². The van der Waals surface area contributed by atoms with Gasteiger partial charge in [-0.05, 0) is 49.1 Å². The summed E-state index contributed by atoms with van der Waals surface area (Å²) in [5, 5.41) is 1.10. The molecule has 0 saturated heterocycles. The smallest absolute Gasteiger partial charge is 0.310 e. The molecule has 0 bridgehead atoms. The number of halogens is 3. The number of alkyl halides is 2. The SMILES string of the molecule is CCOC(=O)Cc1ccc(N2Cc3c(OCC(F)F)cc4cccc(OCC)c4c3C2=O)c(F)c1. The summed E-state index contributed by atoms with van der Waals surface area (Å²) in [4.78, 5) is 26.5. The molecule has 3 aromatic rings. The normalized spacial score (nSPS) is 12.9. The van der Waals surface area contributed by atoms with Gasteiger partial charge in [0.25, 0.3) is 12.3 Å². The molecule has 0 radical (unpaired) electrons. The molecule has 1 heterocycles. The fraction of sp³-hybridized carbons (Fsp3) is 0.308. The number of benzene rings is 3. The van der Waals surface area contributed by atoms with Crippen LogP contribution in [0.1, 0.15) is 35.3 Å². The van der Waals surface area contributed by atoms with Crippen molar-refractivity contribution in [2.24, 2.45) is 0 Å². The van der Waals surface area contributed by atoms with Crippen molar-refractivity contribution in [3.8, 4) is 11.5 Å². The van der Waals surface area contributed by atoms with Crippen molar-refractivity contribution >= 4 is 28.3 Å². The number of fused-ring (bicyclic) bond motifs is 3. The second kappa shape index (κ2) is 10.2. The number of rotatable bonds is 9. The lowest BCUT2D eigenvalue weighted by atomic mass is 9.98. The van der Waals surface area contributed by atoms with Gasteiger partial charge in [-0.25, -0.2) is 13.2 Å². The minimum atomic E-state index is -2.70. The summed E-state index contributed by atoms with van der Waals surface area (Å²) in [7, 11) is 0. The van der Waals surface area contributed by atoms with E-state index >= 15 is 4.39 Å². The monoisotopic (exact) mass is 487 g/mol. The summed E-state index contributed by atoms with van der Waals surface area (Å²) >= 11 is 0. The maximum absolute atomic E-state index is 15.1. The molecule has 0 spiro atoms. The molecule has 9 heteroatoms. The van der Waals surface area contributed by atoms with Crippen LogP contribution >= 0.6 is 0 Å². The number of nitrogens with zero attached hydrogens (tertiary/aromatic N) is 1. The minimum absolute atomic E-state index is 0.000611. The average molecular weight is 487 g/mol. The summed E-state index contributed by atoms with van der Waals surface area (Å²) < 4.78 is 56.9. The summed E-state index contributed by atoms with van der Waals surface area (Å²) in [5.74, 6) is -1.09. The quantitative estimate of drug-likeness (QED) is 0.384. The van der Waals surface area contributed by atoms with Gasteiger partial charge in [0.1, 0.15) is 23.9 Å². The Labute approximate surface area is 200 Å². The lowest BCUT2D eigenvalue weighted by molar-refractivity contribution is -0.142. The van der Waals surface area contributed by atoms with E-state index in [1.54, 1.807) is 44.2 Å². The van der Waals surface area contributed by atoms with Crippen molar-refractivity contribution in [1.82, 2.24) is 0 Å². The fourth-order valence-electron chi connectivity index (χ4n) is 4.21. The highest BCUT2D eigenvalue weighted by Crippen LogP contribution is 2.43. The molecule has 3 aromatic carbocycles. The molecule has 4 rings (SSSR count). The van der Waals surface area contributed by atoms with E-state index in [9.17, 15) is 18.4 Å². The van der Waals surface area contributed by atoms with E-state index in [1.165, 1.54) is 17.0 Å². The van der Waals surface area contributed by atoms with Gasteiger partial charge in [0.15, 0.2) is 0 Å². The van der Waals surface area contributed by atoms with Crippen molar-refractivity contribution in [2.75, 3.05) is 24.7 Å². The van der Waals surface area contributed by atoms with Gasteiger partial charge in [-0.3, -0.25) is 9.59 Å². The first kappa shape index (κ1) is 24.4. The Bertz CT molecular complexity index is 1280. The van der Waals surface area contributed by atoms with Crippen molar-refractivity contribution in [2.45, 2.75) is 33.2 Å². The highest BCUT2D eigenvalue weighted by molar-refractivity contribution is 6.19. The van der Waals surface area contributed by atoms with E-state index < -0.39 is 30.7 Å². The Hall–Kier alpha value is -3.75. The number of amides is 1. The zero-order valence-electron chi connectivity index (χ0n) is 19.3. The number of carbonyl (C=O) groups is 2. The number of anilines is 1. The Morgan fingerprint density at radius 3 is 2.54 bits per heavy atom. The molecule has 1 aliphatic rings. The Kier molecular flexibility index (Phi) is 7.14. The number of hydrogen-bond acceptors (Lipinski definition) is 5. The number of ether oxygens (including phenoxy) is 3. The standard InChI is InChI=1S/C26H24F3NO5/c1-3-33-20-7-5-6-16-12-21(35-14-22(28)29)17-13-30(26(32)25(17)24(16)20)19-9-8-15(10-18(19)27)11-23(31)34-4-2/h5-10,12,22H,3-4,11,13-14H2,1-2H3. The molecule has 35 heavy (non-hydrogen) atoms. The van der Waals surface area contributed by atoms with E-state index in [1.807, 2.05) is 0 Å². The van der Waals surface area contributed by atoms with Crippen LogP contribution in [0.5, 0.6) is 11.5 Å². The van der Waals surface area contributed by atoms with Crippen LogP contribution in [0.15, 0.2) is 42.5 Å². The van der Waals surface area contributed by atoms with Crippen LogP contribution in [0.2, 0.25) is 0 Å². The molecule has 0 fully saturated rings. The number of esters is 1. The molecule has 0 unspecified atom stereocenters. The van der Waals surface area contributed by atoms with Gasteiger partial charge < -0.3 is 19.1 Å². The molecule has 0 aliphatic carbocycles. The minimum Gasteiger partial charge on any atom is -0.493 e. The second-order valence-corrected chi connectivity index (χ2v) is 7.88. The Morgan fingerprint density at radius 2 is 1.86 bits per heavy atom. The predicted octanol–water partition coefficient (Wildman–Crippen LogP) is 5.29. The Morgan fingerprint density at radius 1 is 1.06 bits per heavy atom. The maximum atomic E-state index is 15.1. The van der Waals surface area contributed by atoms with Gasteiger partial charge in [0.2, 0.25) is 0 Å². The van der Waals surface area contributed by atoms with Crippen LogP contribution in [-0.4, -0.2) is 38.1 Å². The van der Waals surface area contributed by atoms with Gasteiger partial charge >= 0.3 is 5.97 Å². The van der Waals surface area contributed by atoms with E-state index in [4.69, 9.17) is 14.2 Å². The van der Waals surface area contributed by atoms with E-state index in [2.05, 4.69) is 0 Å². The summed E-state index contributed by atoms with van der Waals surface area (Å²) in [5.41, 5.74) is 1.01. The summed E-state index contributed by atoms with van der Waals surface area (Å²) in [6, 6.07) is 10.9. The van der Waals surface area contributed by atoms with Gasteiger partial charge in [-0.2, -0.15) is 0 Å². The van der Waals surface area contributed by atoms with Crippen LogP contribution in [0, 0.1) is 5.82 Å². The van der Waals surface area contributed by atoms with Crippen LogP contribution in [0.4, 0.5) is 18.9 Å². The molecule has 1 aliphatic heterocycles. The van der Waals surface area contributed by atoms with E-state index in [-0.39, 0.29) is 36.6 Å². The zero-order valence-corrected chi connectivity index (χ0v) is 19.3. The second-order valence-electron chi connectivity index (χ2n) is 7.88. The Balaban J connectivity index is 1.77. The van der Waals surface area contributed by atoms with Gasteiger partial charge in [-0.1, -0.05) is 18.2 Å². The molecular weight excluding hydrogens is 463 g/mol. The highest BCUT2D eigenvalue weighted by Gasteiger charge is 2.36. The average Bonchev–Trinajstić information content (AvgIpc) is 3.15. The highest BCUT2D eigenvalue weighted by atomic mass is 19.3. The summed E-state index contributed by atoms with van der Waals surface area (Å²) in [6.45, 7) is 3.14. The number of carbonyl (C=O) groups excluding carboxylic acids is 2.